The molecule has 0 bridgehead atoms. The van der Waals surface area contributed by atoms with Crippen LogP contribution in [0, 0.1) is 11.6 Å². The molecule has 0 saturated heterocycles. The first-order valence-electron chi connectivity index (χ1n) is 6.06. The van der Waals surface area contributed by atoms with Gasteiger partial charge in [0.15, 0.2) is 0 Å². The molecule has 100 valence electrons. The minimum Gasteiger partial charge on any atom is -0.313 e. The smallest absolute Gasteiger partial charge is 0.132 e. The summed E-state index contributed by atoms with van der Waals surface area (Å²) in [6.07, 6.45) is 0. The minimum absolute atomic E-state index is 0.325. The van der Waals surface area contributed by atoms with Gasteiger partial charge in [0, 0.05) is 22.7 Å². The Morgan fingerprint density at radius 2 is 1.84 bits per heavy atom. The van der Waals surface area contributed by atoms with Crippen LogP contribution < -0.4 is 5.32 Å². The molecule has 1 nitrogen and oxygen atoms in total. The molecule has 0 heterocycles. The lowest BCUT2D eigenvalue weighted by molar-refractivity contribution is 0.593. The van der Waals surface area contributed by atoms with Crippen molar-refractivity contribution in [2.75, 3.05) is 6.54 Å². The summed E-state index contributed by atoms with van der Waals surface area (Å²) in [6, 6.07) is 9.09. The van der Waals surface area contributed by atoms with Crippen molar-refractivity contribution in [2.45, 2.75) is 13.5 Å². The summed E-state index contributed by atoms with van der Waals surface area (Å²) in [5.41, 5.74) is 1.42. The Balaban J connectivity index is 2.33. The Bertz CT molecular complexity index is 584. The number of hydrogen-bond donors (Lipinski definition) is 1. The SMILES string of the molecule is CCNCc1ccc(-c2ccc(Cl)cc2F)cc1F. The molecule has 0 fully saturated rings. The standard InChI is InChI=1S/C15H14ClF2N/c1-2-19-9-11-4-3-10(7-14(11)17)13-6-5-12(16)8-15(13)18/h3-8,19H,2,9H2,1H3. The predicted molar refractivity (Wildman–Crippen MR) is 74.2 cm³/mol. The fraction of sp³-hybridized carbons (Fsp3) is 0.200. The molecule has 2 aromatic carbocycles. The molecule has 0 aliphatic rings. The third-order valence-electron chi connectivity index (χ3n) is 2.86. The summed E-state index contributed by atoms with van der Waals surface area (Å²) >= 11 is 5.70. The van der Waals surface area contributed by atoms with Gasteiger partial charge in [0.05, 0.1) is 0 Å². The zero-order valence-corrected chi connectivity index (χ0v) is 11.3. The quantitative estimate of drug-likeness (QED) is 0.876. The van der Waals surface area contributed by atoms with Crippen molar-refractivity contribution in [1.82, 2.24) is 5.32 Å². The van der Waals surface area contributed by atoms with Crippen LogP contribution in [0.1, 0.15) is 12.5 Å². The van der Waals surface area contributed by atoms with Crippen molar-refractivity contribution in [3.8, 4) is 11.1 Å². The first-order chi connectivity index (χ1) is 9.11. The molecule has 0 atom stereocenters. The van der Waals surface area contributed by atoms with E-state index in [0.29, 0.717) is 28.3 Å². The fourth-order valence-corrected chi connectivity index (χ4v) is 2.00. The van der Waals surface area contributed by atoms with Crippen LogP contribution in [0.2, 0.25) is 5.02 Å². The van der Waals surface area contributed by atoms with Crippen molar-refractivity contribution in [3.63, 3.8) is 0 Å². The molecule has 4 heteroatoms. The molecular formula is C15H14ClF2N. The first-order valence-corrected chi connectivity index (χ1v) is 6.44. The molecule has 19 heavy (non-hydrogen) atoms. The van der Waals surface area contributed by atoms with E-state index in [1.54, 1.807) is 24.3 Å². The second kappa shape index (κ2) is 6.13. The third kappa shape index (κ3) is 3.31. The van der Waals surface area contributed by atoms with Crippen LogP contribution in [0.5, 0.6) is 0 Å². The van der Waals surface area contributed by atoms with Gasteiger partial charge in [0.2, 0.25) is 0 Å². The van der Waals surface area contributed by atoms with E-state index >= 15 is 0 Å². The second-order valence-corrected chi connectivity index (χ2v) is 4.65. The Kier molecular flexibility index (Phi) is 4.51. The van der Waals surface area contributed by atoms with E-state index in [0.717, 1.165) is 6.54 Å². The summed E-state index contributed by atoms with van der Waals surface area (Å²) in [5.74, 6) is -0.792. The van der Waals surface area contributed by atoms with E-state index in [9.17, 15) is 8.78 Å². The highest BCUT2D eigenvalue weighted by molar-refractivity contribution is 6.30. The van der Waals surface area contributed by atoms with Crippen molar-refractivity contribution in [1.29, 1.82) is 0 Å². The highest BCUT2D eigenvalue weighted by atomic mass is 35.5. The van der Waals surface area contributed by atoms with Crippen molar-refractivity contribution in [2.24, 2.45) is 0 Å². The van der Waals surface area contributed by atoms with E-state index in [1.807, 2.05) is 6.92 Å². The van der Waals surface area contributed by atoms with Gasteiger partial charge in [-0.25, -0.2) is 8.78 Å². The van der Waals surface area contributed by atoms with Gasteiger partial charge in [-0.3, -0.25) is 0 Å². The van der Waals surface area contributed by atoms with E-state index in [2.05, 4.69) is 5.32 Å². The second-order valence-electron chi connectivity index (χ2n) is 4.21. The molecule has 0 radical (unpaired) electrons. The molecule has 0 aliphatic heterocycles. The molecule has 2 rings (SSSR count). The van der Waals surface area contributed by atoms with Gasteiger partial charge in [-0.15, -0.1) is 0 Å². The largest absolute Gasteiger partial charge is 0.313 e. The lowest BCUT2D eigenvalue weighted by atomic mass is 10.0. The van der Waals surface area contributed by atoms with E-state index in [1.165, 1.54) is 12.1 Å². The summed E-state index contributed by atoms with van der Waals surface area (Å²) in [6.45, 7) is 3.19. The van der Waals surface area contributed by atoms with Crippen molar-refractivity contribution in [3.05, 3.63) is 58.6 Å². The third-order valence-corrected chi connectivity index (χ3v) is 3.10. The summed E-state index contributed by atoms with van der Waals surface area (Å²) in [7, 11) is 0. The van der Waals surface area contributed by atoms with Crippen LogP contribution in [0.3, 0.4) is 0 Å². The number of nitrogens with one attached hydrogen (secondary N) is 1. The molecule has 2 aromatic rings. The van der Waals surface area contributed by atoms with Gasteiger partial charge >= 0.3 is 0 Å². The normalized spacial score (nSPS) is 10.7. The van der Waals surface area contributed by atoms with E-state index < -0.39 is 5.82 Å². The molecule has 0 aromatic heterocycles. The summed E-state index contributed by atoms with van der Waals surface area (Å²) in [4.78, 5) is 0. The van der Waals surface area contributed by atoms with Crippen LogP contribution in [-0.4, -0.2) is 6.54 Å². The predicted octanol–water partition coefficient (Wildman–Crippen LogP) is 4.39. The topological polar surface area (TPSA) is 12.0 Å². The maximum Gasteiger partial charge on any atom is 0.132 e. The maximum atomic E-state index is 13.9. The zero-order chi connectivity index (χ0) is 13.8. The lowest BCUT2D eigenvalue weighted by Gasteiger charge is -2.08. The van der Waals surface area contributed by atoms with Gasteiger partial charge in [0.25, 0.3) is 0 Å². The van der Waals surface area contributed by atoms with Gasteiger partial charge in [-0.05, 0) is 36.4 Å². The molecule has 0 unspecified atom stereocenters. The van der Waals surface area contributed by atoms with Crippen LogP contribution in [0.25, 0.3) is 11.1 Å². The molecule has 0 amide bonds. The molecule has 0 spiro atoms. The van der Waals surface area contributed by atoms with Crippen LogP contribution in [0.4, 0.5) is 8.78 Å². The van der Waals surface area contributed by atoms with E-state index in [-0.39, 0.29) is 5.82 Å². The monoisotopic (exact) mass is 281 g/mol. The summed E-state index contributed by atoms with van der Waals surface area (Å²) < 4.78 is 27.6. The van der Waals surface area contributed by atoms with Crippen LogP contribution in [0.15, 0.2) is 36.4 Å². The van der Waals surface area contributed by atoms with E-state index in [4.69, 9.17) is 11.6 Å². The minimum atomic E-state index is -0.452. The van der Waals surface area contributed by atoms with Crippen molar-refractivity contribution >= 4 is 11.6 Å². The lowest BCUT2D eigenvalue weighted by Crippen LogP contribution is -2.12. The average Bonchev–Trinajstić information content (AvgIpc) is 2.37. The van der Waals surface area contributed by atoms with Crippen molar-refractivity contribution < 1.29 is 8.78 Å². The van der Waals surface area contributed by atoms with Gasteiger partial charge < -0.3 is 5.32 Å². The number of hydrogen-bond acceptors (Lipinski definition) is 1. The number of rotatable bonds is 4. The average molecular weight is 282 g/mol. The van der Waals surface area contributed by atoms with Crippen LogP contribution in [-0.2, 0) is 6.54 Å². The molecular weight excluding hydrogens is 268 g/mol. The Morgan fingerprint density at radius 1 is 1.05 bits per heavy atom. The zero-order valence-electron chi connectivity index (χ0n) is 10.5. The molecule has 1 N–H and O–H groups in total. The summed E-state index contributed by atoms with van der Waals surface area (Å²) in [5, 5.41) is 3.38. The Hall–Kier alpha value is -1.45. The van der Waals surface area contributed by atoms with Gasteiger partial charge in [-0.1, -0.05) is 30.7 Å². The Labute approximate surface area is 116 Å². The molecule has 0 saturated carbocycles. The van der Waals surface area contributed by atoms with Crippen LogP contribution >= 0.6 is 11.6 Å². The molecule has 0 aliphatic carbocycles. The maximum absolute atomic E-state index is 13.9. The number of halogens is 3. The highest BCUT2D eigenvalue weighted by Gasteiger charge is 2.09. The Morgan fingerprint density at radius 3 is 2.47 bits per heavy atom. The fourth-order valence-electron chi connectivity index (χ4n) is 1.84. The van der Waals surface area contributed by atoms with Gasteiger partial charge in [-0.2, -0.15) is 0 Å². The van der Waals surface area contributed by atoms with Gasteiger partial charge in [0.1, 0.15) is 11.6 Å². The number of benzene rings is 2. The first kappa shape index (κ1) is 14.0. The highest BCUT2D eigenvalue weighted by Crippen LogP contribution is 2.26.